The lowest BCUT2D eigenvalue weighted by molar-refractivity contribution is -0.149. The molecule has 3 atom stereocenters. The Bertz CT molecular complexity index is 1190. The number of carbonyl (C=O) groups is 1. The van der Waals surface area contributed by atoms with E-state index in [2.05, 4.69) is 18.7 Å². The molecule has 0 saturated carbocycles. The van der Waals surface area contributed by atoms with E-state index in [0.29, 0.717) is 24.5 Å². The van der Waals surface area contributed by atoms with Crippen molar-refractivity contribution in [2.24, 2.45) is 5.92 Å². The summed E-state index contributed by atoms with van der Waals surface area (Å²) in [6.07, 6.45) is 4.77. The Hall–Kier alpha value is -1.90. The Kier molecular flexibility index (Phi) is 6.27. The van der Waals surface area contributed by atoms with Crippen LogP contribution in [0.1, 0.15) is 67.0 Å². The topological polar surface area (TPSA) is 66.9 Å². The molecule has 2 aromatic rings. The molecule has 0 spiro atoms. The highest BCUT2D eigenvalue weighted by Gasteiger charge is 2.53. The molecule has 3 heterocycles. The normalized spacial score (nSPS) is 24.6. The number of nitrogens with zero attached hydrogens (tertiary/aromatic N) is 2. The zero-order valence-corrected chi connectivity index (χ0v) is 22.0. The van der Waals surface area contributed by atoms with Crippen LogP contribution in [-0.2, 0) is 32.4 Å². The number of hydrogen-bond acceptors (Lipinski definition) is 6. The van der Waals surface area contributed by atoms with E-state index in [1.807, 2.05) is 26.0 Å². The fourth-order valence-corrected chi connectivity index (χ4v) is 9.27. The van der Waals surface area contributed by atoms with Gasteiger partial charge in [-0.2, -0.15) is 0 Å². The molecule has 3 aliphatic rings. The molecule has 8 heteroatoms. The van der Waals surface area contributed by atoms with Gasteiger partial charge in [-0.25, -0.2) is 8.42 Å². The second-order valence-electron chi connectivity index (χ2n) is 10.0. The molecule has 6 nitrogen and oxygen atoms in total. The molecule has 2 aliphatic heterocycles. The maximum absolute atomic E-state index is 14.0. The molecular formula is C26H34N2O4S2. The number of esters is 1. The smallest absolute Gasteiger partial charge is 0.323 e. The van der Waals surface area contributed by atoms with E-state index in [-0.39, 0.29) is 30.0 Å². The second kappa shape index (κ2) is 8.95. The molecule has 1 saturated heterocycles. The van der Waals surface area contributed by atoms with Crippen molar-refractivity contribution in [1.82, 2.24) is 4.90 Å². The van der Waals surface area contributed by atoms with Gasteiger partial charge in [0.15, 0.2) is 0 Å². The minimum atomic E-state index is -3.71. The predicted molar refractivity (Wildman–Crippen MR) is 135 cm³/mol. The number of thiophene rings is 1. The van der Waals surface area contributed by atoms with E-state index >= 15 is 0 Å². The molecule has 5 rings (SSSR count). The SMILES string of the molecule is CCOC(=O)[C@H]1C[C@@H]2CN(S(=O)(=O)c3ccc(C)cc3)c3c(sc4c3CCCC4)[C@@H]2N1C(C)C. The van der Waals surface area contributed by atoms with E-state index < -0.39 is 10.0 Å². The van der Waals surface area contributed by atoms with E-state index in [4.69, 9.17) is 4.74 Å². The standard InChI is InChI=1S/C26H34N2O4S2/c1-5-32-26(29)21-14-18-15-27(34(30,31)19-12-10-17(4)11-13-19)24-20-8-6-7-9-22(20)33-25(24)23(18)28(21)16(2)3/h10-13,16,18,21,23H,5-9,14-15H2,1-4H3/t18-,21-,23-/m1/s1. The van der Waals surface area contributed by atoms with E-state index in [0.717, 1.165) is 41.8 Å². The lowest BCUT2D eigenvalue weighted by Crippen LogP contribution is -2.45. The van der Waals surface area contributed by atoms with Crippen molar-refractivity contribution >= 4 is 33.0 Å². The van der Waals surface area contributed by atoms with Gasteiger partial charge in [0.25, 0.3) is 10.0 Å². The van der Waals surface area contributed by atoms with Gasteiger partial charge in [0.1, 0.15) is 6.04 Å². The van der Waals surface area contributed by atoms with Crippen LogP contribution in [0.25, 0.3) is 0 Å². The fourth-order valence-electron chi connectivity index (χ4n) is 6.04. The lowest BCUT2D eigenvalue weighted by Gasteiger charge is -2.40. The van der Waals surface area contributed by atoms with Crippen LogP contribution in [0, 0.1) is 12.8 Å². The molecular weight excluding hydrogens is 468 g/mol. The average Bonchev–Trinajstić information content (AvgIpc) is 3.38. The molecule has 1 fully saturated rings. The first-order valence-corrected chi connectivity index (χ1v) is 14.7. The van der Waals surface area contributed by atoms with Crippen LogP contribution < -0.4 is 4.31 Å². The van der Waals surface area contributed by atoms with Gasteiger partial charge in [0.05, 0.1) is 23.2 Å². The summed E-state index contributed by atoms with van der Waals surface area (Å²) < 4.78 is 35.1. The highest BCUT2D eigenvalue weighted by atomic mass is 32.2. The molecule has 0 N–H and O–H groups in total. The maximum Gasteiger partial charge on any atom is 0.323 e. The molecule has 0 radical (unpaired) electrons. The molecule has 1 aliphatic carbocycles. The van der Waals surface area contributed by atoms with Crippen molar-refractivity contribution in [3.05, 3.63) is 45.1 Å². The number of fused-ring (bicyclic) bond motifs is 5. The van der Waals surface area contributed by atoms with Gasteiger partial charge < -0.3 is 4.74 Å². The van der Waals surface area contributed by atoms with Crippen molar-refractivity contribution in [3.8, 4) is 0 Å². The Morgan fingerprint density at radius 3 is 2.56 bits per heavy atom. The van der Waals surface area contributed by atoms with Crippen molar-refractivity contribution in [2.75, 3.05) is 17.5 Å². The number of sulfonamides is 1. The van der Waals surface area contributed by atoms with E-state index in [9.17, 15) is 13.2 Å². The van der Waals surface area contributed by atoms with Gasteiger partial charge in [0, 0.05) is 28.3 Å². The number of ether oxygens (including phenoxy) is 1. The Labute approximate surface area is 207 Å². The summed E-state index contributed by atoms with van der Waals surface area (Å²) in [5.74, 6) is -0.147. The first kappa shape index (κ1) is 23.8. The summed E-state index contributed by atoms with van der Waals surface area (Å²) in [6.45, 7) is 8.79. The molecule has 184 valence electrons. The highest BCUT2D eigenvalue weighted by Crippen LogP contribution is 2.56. The van der Waals surface area contributed by atoms with Crippen LogP contribution in [0.5, 0.6) is 0 Å². The summed E-state index contributed by atoms with van der Waals surface area (Å²) in [5, 5.41) is 0. The minimum Gasteiger partial charge on any atom is -0.465 e. The van der Waals surface area contributed by atoms with E-state index in [1.165, 1.54) is 10.4 Å². The van der Waals surface area contributed by atoms with Gasteiger partial charge in [-0.1, -0.05) is 17.7 Å². The van der Waals surface area contributed by atoms with Crippen molar-refractivity contribution in [1.29, 1.82) is 0 Å². The Balaban J connectivity index is 1.65. The quantitative estimate of drug-likeness (QED) is 0.547. The van der Waals surface area contributed by atoms with Gasteiger partial charge in [-0.15, -0.1) is 11.3 Å². The van der Waals surface area contributed by atoms with Crippen molar-refractivity contribution < 1.29 is 17.9 Å². The Morgan fingerprint density at radius 1 is 1.18 bits per heavy atom. The monoisotopic (exact) mass is 502 g/mol. The summed E-state index contributed by atoms with van der Waals surface area (Å²) in [7, 11) is -3.71. The number of hydrogen-bond donors (Lipinski definition) is 0. The molecule has 34 heavy (non-hydrogen) atoms. The fraction of sp³-hybridized carbons (Fsp3) is 0.577. The molecule has 1 aromatic carbocycles. The van der Waals surface area contributed by atoms with Gasteiger partial charge in [0.2, 0.25) is 0 Å². The number of anilines is 1. The maximum atomic E-state index is 14.0. The number of benzene rings is 1. The van der Waals surface area contributed by atoms with Crippen LogP contribution in [0.4, 0.5) is 5.69 Å². The largest absolute Gasteiger partial charge is 0.465 e. The van der Waals surface area contributed by atoms with Crippen molar-refractivity contribution in [3.63, 3.8) is 0 Å². The number of rotatable bonds is 5. The van der Waals surface area contributed by atoms with Crippen LogP contribution in [-0.4, -0.2) is 44.5 Å². The molecule has 1 aromatic heterocycles. The third-order valence-corrected chi connectivity index (χ3v) is 10.6. The number of likely N-dealkylation sites (tertiary alicyclic amines) is 1. The van der Waals surface area contributed by atoms with Crippen LogP contribution in [0.3, 0.4) is 0 Å². The molecule has 0 bridgehead atoms. The first-order chi connectivity index (χ1) is 16.2. The van der Waals surface area contributed by atoms with Crippen molar-refractivity contribution in [2.45, 2.75) is 82.8 Å². The third kappa shape index (κ3) is 3.78. The van der Waals surface area contributed by atoms with Crippen LogP contribution in [0.2, 0.25) is 0 Å². The first-order valence-electron chi connectivity index (χ1n) is 12.4. The molecule has 0 amide bonds. The summed E-state index contributed by atoms with van der Waals surface area (Å²) >= 11 is 1.78. The zero-order chi connectivity index (χ0) is 24.2. The number of aryl methyl sites for hydroxylation is 2. The predicted octanol–water partition coefficient (Wildman–Crippen LogP) is 4.85. The van der Waals surface area contributed by atoms with Crippen LogP contribution in [0.15, 0.2) is 29.2 Å². The van der Waals surface area contributed by atoms with Gasteiger partial charge in [-0.05, 0) is 77.5 Å². The minimum absolute atomic E-state index is 0.0458. The third-order valence-electron chi connectivity index (χ3n) is 7.51. The highest BCUT2D eigenvalue weighted by molar-refractivity contribution is 7.92. The molecule has 0 unspecified atom stereocenters. The summed E-state index contributed by atoms with van der Waals surface area (Å²) in [4.78, 5) is 18.0. The van der Waals surface area contributed by atoms with Gasteiger partial charge in [-0.3, -0.25) is 14.0 Å². The summed E-state index contributed by atoms with van der Waals surface area (Å²) in [5.41, 5.74) is 3.15. The summed E-state index contributed by atoms with van der Waals surface area (Å²) in [6, 6.07) is 7.00. The van der Waals surface area contributed by atoms with E-state index in [1.54, 1.807) is 27.8 Å². The lowest BCUT2D eigenvalue weighted by atomic mass is 9.90. The average molecular weight is 503 g/mol. The van der Waals surface area contributed by atoms with Crippen LogP contribution >= 0.6 is 11.3 Å². The second-order valence-corrected chi connectivity index (χ2v) is 13.0. The Morgan fingerprint density at radius 2 is 1.88 bits per heavy atom. The zero-order valence-electron chi connectivity index (χ0n) is 20.4. The van der Waals surface area contributed by atoms with Gasteiger partial charge >= 0.3 is 5.97 Å². The number of carbonyl (C=O) groups excluding carboxylic acids is 1.